The lowest BCUT2D eigenvalue weighted by Gasteiger charge is -1.93. The van der Waals surface area contributed by atoms with E-state index >= 15 is 0 Å². The second-order valence-corrected chi connectivity index (χ2v) is 2.06. The predicted molar refractivity (Wildman–Crippen MR) is 41.2 cm³/mol. The molecule has 0 fully saturated rings. The van der Waals surface area contributed by atoms with Crippen molar-refractivity contribution in [2.24, 2.45) is 15.4 Å². The van der Waals surface area contributed by atoms with E-state index in [4.69, 9.17) is 5.41 Å². The third-order valence-electron chi connectivity index (χ3n) is 1.29. The first-order valence-electron chi connectivity index (χ1n) is 3.23. The van der Waals surface area contributed by atoms with Crippen molar-refractivity contribution in [1.82, 2.24) is 9.97 Å². The molecule has 0 radical (unpaired) electrons. The van der Waals surface area contributed by atoms with E-state index in [1.807, 2.05) is 0 Å². The zero-order valence-electron chi connectivity index (χ0n) is 5.97. The molecule has 2 rings (SSSR count). The normalized spacial score (nSPS) is 15.0. The summed E-state index contributed by atoms with van der Waals surface area (Å²) >= 11 is 0. The van der Waals surface area contributed by atoms with Crippen molar-refractivity contribution in [2.75, 3.05) is 0 Å². The summed E-state index contributed by atoms with van der Waals surface area (Å²) in [5.41, 5.74) is 0.315. The lowest BCUT2D eigenvalue weighted by Crippen LogP contribution is -2.12. The number of hydrogen-bond acceptors (Lipinski definition) is 5. The molecule has 6 nitrogen and oxygen atoms in total. The first-order chi connectivity index (χ1) is 5.88. The molecule has 1 N–H and O–H groups in total. The van der Waals surface area contributed by atoms with Crippen molar-refractivity contribution < 1.29 is 0 Å². The summed E-state index contributed by atoms with van der Waals surface area (Å²) in [6.45, 7) is 0. The maximum absolute atomic E-state index is 7.27. The van der Waals surface area contributed by atoms with Gasteiger partial charge in [0.2, 0.25) is 5.84 Å². The molecule has 0 amide bonds. The van der Waals surface area contributed by atoms with Crippen LogP contribution in [0.4, 0.5) is 0 Å². The second-order valence-electron chi connectivity index (χ2n) is 2.06. The van der Waals surface area contributed by atoms with Crippen molar-refractivity contribution in [1.29, 1.82) is 5.41 Å². The molecule has 0 saturated heterocycles. The van der Waals surface area contributed by atoms with Gasteiger partial charge in [0.1, 0.15) is 0 Å². The Morgan fingerprint density at radius 1 is 1.17 bits per heavy atom. The molecule has 1 aliphatic rings. The van der Waals surface area contributed by atoms with Crippen LogP contribution in [0.2, 0.25) is 0 Å². The Labute approximate surface area is 67.6 Å². The molecule has 1 aromatic rings. The fourth-order valence-corrected chi connectivity index (χ4v) is 0.779. The number of nitrogens with zero attached hydrogens (tertiary/aromatic N) is 5. The molecular formula is C6H4N6. The monoisotopic (exact) mass is 160 g/mol. The fourth-order valence-electron chi connectivity index (χ4n) is 0.779. The van der Waals surface area contributed by atoms with Crippen LogP contribution in [-0.2, 0) is 0 Å². The quantitative estimate of drug-likeness (QED) is 0.652. The van der Waals surface area contributed by atoms with Gasteiger partial charge in [-0.1, -0.05) is 0 Å². The molecule has 1 aromatic heterocycles. The molecule has 0 aliphatic carbocycles. The average molecular weight is 160 g/mol. The molecule has 0 saturated carbocycles. The van der Waals surface area contributed by atoms with Crippen molar-refractivity contribution in [3.05, 3.63) is 24.3 Å². The van der Waals surface area contributed by atoms with Gasteiger partial charge in [-0.3, -0.25) is 5.41 Å². The van der Waals surface area contributed by atoms with Crippen LogP contribution in [0.3, 0.4) is 0 Å². The molecule has 0 atom stereocenters. The van der Waals surface area contributed by atoms with Crippen LogP contribution in [0.1, 0.15) is 5.82 Å². The van der Waals surface area contributed by atoms with Crippen LogP contribution in [0.15, 0.2) is 33.9 Å². The van der Waals surface area contributed by atoms with E-state index in [0.29, 0.717) is 11.5 Å². The van der Waals surface area contributed by atoms with Crippen molar-refractivity contribution in [3.8, 4) is 0 Å². The number of amidine groups is 1. The number of nitrogens with one attached hydrogen (secondary N) is 1. The minimum atomic E-state index is 0.00111. The standard InChI is InChI=1S/C6H4N6/c7-5-4(10-12-11-5)6-8-2-1-3-9-6/h1-3,7H. The maximum Gasteiger partial charge on any atom is 0.200 e. The first kappa shape index (κ1) is 6.71. The van der Waals surface area contributed by atoms with Crippen LogP contribution < -0.4 is 0 Å². The Kier molecular flexibility index (Phi) is 1.44. The maximum atomic E-state index is 7.27. The summed E-state index contributed by atoms with van der Waals surface area (Å²) in [6, 6.07) is 1.69. The molecule has 0 aromatic carbocycles. The summed E-state index contributed by atoms with van der Waals surface area (Å²) in [7, 11) is 0. The van der Waals surface area contributed by atoms with E-state index in [9.17, 15) is 0 Å². The topological polar surface area (TPSA) is 86.7 Å². The minimum absolute atomic E-state index is 0.00111. The van der Waals surface area contributed by atoms with Gasteiger partial charge in [0.15, 0.2) is 11.5 Å². The van der Waals surface area contributed by atoms with Crippen LogP contribution in [0.25, 0.3) is 0 Å². The van der Waals surface area contributed by atoms with Crippen LogP contribution in [0, 0.1) is 5.41 Å². The molecule has 0 bridgehead atoms. The van der Waals surface area contributed by atoms with E-state index in [-0.39, 0.29) is 5.84 Å². The molecule has 0 spiro atoms. The smallest absolute Gasteiger partial charge is 0.200 e. The number of rotatable bonds is 1. The fraction of sp³-hybridized carbons (Fsp3) is 0. The van der Waals surface area contributed by atoms with Gasteiger partial charge in [0.05, 0.1) is 0 Å². The third-order valence-corrected chi connectivity index (χ3v) is 1.29. The summed E-state index contributed by atoms with van der Waals surface area (Å²) in [5.74, 6) is 0.383. The van der Waals surface area contributed by atoms with E-state index < -0.39 is 0 Å². The molecule has 6 heteroatoms. The predicted octanol–water partition coefficient (Wildman–Crippen LogP) is 0.624. The summed E-state index contributed by atoms with van der Waals surface area (Å²) in [6.07, 6.45) is 3.16. The van der Waals surface area contributed by atoms with Crippen LogP contribution in [-0.4, -0.2) is 21.5 Å². The van der Waals surface area contributed by atoms with Crippen molar-refractivity contribution >= 4 is 11.5 Å². The Hall–Kier alpha value is -1.98. The van der Waals surface area contributed by atoms with Gasteiger partial charge in [-0.25, -0.2) is 9.97 Å². The van der Waals surface area contributed by atoms with Crippen LogP contribution >= 0.6 is 0 Å². The number of hydrogen-bond donors (Lipinski definition) is 1. The second kappa shape index (κ2) is 2.57. The lowest BCUT2D eigenvalue weighted by atomic mass is 10.3. The summed E-state index contributed by atoms with van der Waals surface area (Å²) in [4.78, 5) is 7.82. The molecular weight excluding hydrogens is 156 g/mol. The van der Waals surface area contributed by atoms with E-state index in [0.717, 1.165) is 0 Å². The van der Waals surface area contributed by atoms with E-state index in [1.54, 1.807) is 18.5 Å². The molecule has 0 unspecified atom stereocenters. The number of aromatic nitrogens is 2. The first-order valence-corrected chi connectivity index (χ1v) is 3.23. The molecule has 58 valence electrons. The van der Waals surface area contributed by atoms with E-state index in [2.05, 4.69) is 25.4 Å². The summed E-state index contributed by atoms with van der Waals surface area (Å²) < 4.78 is 0. The Bertz CT molecular complexity index is 365. The third kappa shape index (κ3) is 0.986. The average Bonchev–Trinajstić information content (AvgIpc) is 2.53. The Balaban J connectivity index is 2.40. The molecule has 2 heterocycles. The van der Waals surface area contributed by atoms with Gasteiger partial charge >= 0.3 is 0 Å². The van der Waals surface area contributed by atoms with Gasteiger partial charge in [-0.05, 0) is 11.3 Å². The SMILES string of the molecule is N=C1N=NN=C1c1ncccn1. The van der Waals surface area contributed by atoms with Gasteiger partial charge in [0.25, 0.3) is 0 Å². The highest BCUT2D eigenvalue weighted by Crippen LogP contribution is 2.02. The van der Waals surface area contributed by atoms with Gasteiger partial charge in [-0.15, -0.1) is 10.2 Å². The van der Waals surface area contributed by atoms with Gasteiger partial charge in [-0.2, -0.15) is 0 Å². The van der Waals surface area contributed by atoms with Crippen molar-refractivity contribution in [2.45, 2.75) is 0 Å². The highest BCUT2D eigenvalue weighted by atomic mass is 15.4. The van der Waals surface area contributed by atoms with E-state index in [1.165, 1.54) is 0 Å². The highest BCUT2D eigenvalue weighted by molar-refractivity contribution is 6.46. The lowest BCUT2D eigenvalue weighted by molar-refractivity contribution is 1.10. The Morgan fingerprint density at radius 2 is 1.92 bits per heavy atom. The zero-order valence-corrected chi connectivity index (χ0v) is 5.97. The zero-order chi connectivity index (χ0) is 8.39. The van der Waals surface area contributed by atoms with Gasteiger partial charge < -0.3 is 0 Å². The summed E-state index contributed by atoms with van der Waals surface area (Å²) in [5, 5.41) is 17.6. The Morgan fingerprint density at radius 3 is 2.50 bits per heavy atom. The molecule has 12 heavy (non-hydrogen) atoms. The van der Waals surface area contributed by atoms with Crippen LogP contribution in [0.5, 0.6) is 0 Å². The van der Waals surface area contributed by atoms with Crippen molar-refractivity contribution in [3.63, 3.8) is 0 Å². The molecule has 1 aliphatic heterocycles. The van der Waals surface area contributed by atoms with Gasteiger partial charge in [0, 0.05) is 12.4 Å². The largest absolute Gasteiger partial charge is 0.279 e. The highest BCUT2D eigenvalue weighted by Gasteiger charge is 2.16. The minimum Gasteiger partial charge on any atom is -0.279 e.